The normalized spacial score (nSPS) is 10.9. The number of amides is 1. The van der Waals surface area contributed by atoms with Gasteiger partial charge in [-0.25, -0.2) is 9.97 Å². The topological polar surface area (TPSA) is 77.0 Å². The van der Waals surface area contributed by atoms with Gasteiger partial charge in [0.25, 0.3) is 0 Å². The van der Waals surface area contributed by atoms with Crippen LogP contribution in [0.5, 0.6) is 5.75 Å². The van der Waals surface area contributed by atoms with Crippen molar-refractivity contribution in [1.82, 2.24) is 14.3 Å². The van der Waals surface area contributed by atoms with Crippen LogP contribution in [-0.2, 0) is 4.79 Å². The molecule has 2 aromatic carbocycles. The molecule has 0 unspecified atom stereocenters. The number of nitrogens with zero attached hydrogens (tertiary/aromatic N) is 3. The zero-order valence-electron chi connectivity index (χ0n) is 14.2. The Morgan fingerprint density at radius 3 is 2.74 bits per heavy atom. The van der Waals surface area contributed by atoms with Crippen molar-refractivity contribution in [1.29, 1.82) is 0 Å². The Bertz CT molecular complexity index is 1040. The number of carbonyl (C=O) groups is 1. The number of aromatic nitrogens is 3. The van der Waals surface area contributed by atoms with Gasteiger partial charge in [-0.05, 0) is 47.9 Å². The summed E-state index contributed by atoms with van der Waals surface area (Å²) in [6.45, 7) is 0. The third-order valence-corrected chi connectivity index (χ3v) is 6.41. The average Bonchev–Trinajstić information content (AvgIpc) is 3.33. The molecule has 0 saturated heterocycles. The molecule has 0 saturated carbocycles. The number of carbonyl (C=O) groups excluding carboxylic acids is 1. The second kappa shape index (κ2) is 8.03. The summed E-state index contributed by atoms with van der Waals surface area (Å²) in [6.07, 6.45) is 0. The van der Waals surface area contributed by atoms with Crippen LogP contribution in [0.15, 0.2) is 52.9 Å². The number of nitrogens with one attached hydrogen (secondary N) is 1. The molecule has 0 bridgehead atoms. The van der Waals surface area contributed by atoms with Gasteiger partial charge in [-0.3, -0.25) is 4.79 Å². The highest BCUT2D eigenvalue weighted by Crippen LogP contribution is 2.28. The van der Waals surface area contributed by atoms with Gasteiger partial charge in [-0.2, -0.15) is 4.37 Å². The minimum Gasteiger partial charge on any atom is -0.497 e. The summed E-state index contributed by atoms with van der Waals surface area (Å²) < 4.78 is 11.3. The zero-order valence-corrected chi connectivity index (χ0v) is 16.7. The molecule has 4 rings (SSSR count). The molecule has 0 aliphatic heterocycles. The zero-order chi connectivity index (χ0) is 18.6. The van der Waals surface area contributed by atoms with Crippen LogP contribution in [0.2, 0.25) is 0 Å². The quantitative estimate of drug-likeness (QED) is 0.466. The van der Waals surface area contributed by atoms with Crippen LogP contribution in [0.3, 0.4) is 0 Å². The molecular weight excluding hydrogens is 400 g/mol. The molecule has 0 atom stereocenters. The van der Waals surface area contributed by atoms with E-state index in [1.54, 1.807) is 7.11 Å². The maximum absolute atomic E-state index is 12.2. The monoisotopic (exact) mass is 414 g/mol. The molecule has 27 heavy (non-hydrogen) atoms. The molecule has 4 aromatic rings. The van der Waals surface area contributed by atoms with Gasteiger partial charge in [0.05, 0.1) is 23.1 Å². The number of benzene rings is 2. The highest BCUT2D eigenvalue weighted by molar-refractivity contribution is 8.01. The van der Waals surface area contributed by atoms with Crippen molar-refractivity contribution in [3.05, 3.63) is 48.5 Å². The molecule has 6 nitrogen and oxygen atoms in total. The first-order chi connectivity index (χ1) is 13.2. The fraction of sp³-hybridized carbons (Fsp3) is 0.111. The van der Waals surface area contributed by atoms with E-state index < -0.39 is 0 Å². The highest BCUT2D eigenvalue weighted by Gasteiger charge is 2.11. The fourth-order valence-electron chi connectivity index (χ4n) is 2.33. The predicted octanol–water partition coefficient (Wildman–Crippen LogP) is 4.55. The molecule has 1 amide bonds. The third-order valence-electron chi connectivity index (χ3n) is 3.62. The van der Waals surface area contributed by atoms with Crippen LogP contribution in [0.25, 0.3) is 21.6 Å². The van der Waals surface area contributed by atoms with Crippen molar-refractivity contribution in [2.45, 2.75) is 4.34 Å². The Morgan fingerprint density at radius 1 is 1.15 bits per heavy atom. The summed E-state index contributed by atoms with van der Waals surface area (Å²) in [4.78, 5) is 21.1. The van der Waals surface area contributed by atoms with Gasteiger partial charge in [-0.15, -0.1) is 0 Å². The van der Waals surface area contributed by atoms with Crippen molar-refractivity contribution in [3.63, 3.8) is 0 Å². The predicted molar refractivity (Wildman–Crippen MR) is 111 cm³/mol. The Morgan fingerprint density at radius 2 is 1.96 bits per heavy atom. The number of hydrogen-bond acceptors (Lipinski definition) is 8. The van der Waals surface area contributed by atoms with E-state index in [0.717, 1.165) is 25.9 Å². The number of thioether (sulfide) groups is 1. The molecule has 0 radical (unpaired) electrons. The molecule has 0 aliphatic carbocycles. The maximum Gasteiger partial charge on any atom is 0.236 e. The van der Waals surface area contributed by atoms with E-state index in [9.17, 15) is 4.79 Å². The number of hydrogen-bond donors (Lipinski definition) is 1. The number of para-hydroxylation sites is 1. The lowest BCUT2D eigenvalue weighted by Crippen LogP contribution is -2.13. The van der Waals surface area contributed by atoms with Crippen LogP contribution >= 0.6 is 34.6 Å². The van der Waals surface area contributed by atoms with E-state index in [4.69, 9.17) is 4.74 Å². The minimum atomic E-state index is -0.111. The molecule has 2 aromatic heterocycles. The van der Waals surface area contributed by atoms with Gasteiger partial charge in [-0.1, -0.05) is 35.2 Å². The summed E-state index contributed by atoms with van der Waals surface area (Å²) in [6, 6.07) is 15.4. The third kappa shape index (κ3) is 4.26. The second-order valence-electron chi connectivity index (χ2n) is 5.44. The Hall–Kier alpha value is -2.49. The smallest absolute Gasteiger partial charge is 0.236 e. The van der Waals surface area contributed by atoms with E-state index >= 15 is 0 Å². The number of thiazole rings is 1. The van der Waals surface area contributed by atoms with E-state index in [-0.39, 0.29) is 11.7 Å². The summed E-state index contributed by atoms with van der Waals surface area (Å²) in [5.74, 6) is 1.58. The lowest BCUT2D eigenvalue weighted by molar-refractivity contribution is -0.113. The fourth-order valence-corrected chi connectivity index (χ4v) is 4.63. The molecule has 1 N–H and O–H groups in total. The van der Waals surface area contributed by atoms with Crippen molar-refractivity contribution in [2.24, 2.45) is 0 Å². The van der Waals surface area contributed by atoms with Crippen molar-refractivity contribution in [2.75, 3.05) is 18.2 Å². The highest BCUT2D eigenvalue weighted by atomic mass is 32.2. The molecule has 0 spiro atoms. The Kier molecular flexibility index (Phi) is 5.33. The van der Waals surface area contributed by atoms with Crippen LogP contribution < -0.4 is 10.1 Å². The standard InChI is InChI=1S/C18H14N4O2S3/c1-24-12-8-6-11(7-9-12)16-21-18(27-22-16)25-10-15(23)20-17-19-13-4-2-3-5-14(13)26-17/h2-9H,10H2,1H3,(H,19,20,23). The summed E-state index contributed by atoms with van der Waals surface area (Å²) in [5.41, 5.74) is 1.80. The van der Waals surface area contributed by atoms with Gasteiger partial charge in [0.1, 0.15) is 5.75 Å². The van der Waals surface area contributed by atoms with Crippen molar-refractivity contribution >= 4 is 55.9 Å². The van der Waals surface area contributed by atoms with Gasteiger partial charge < -0.3 is 10.1 Å². The van der Waals surface area contributed by atoms with E-state index in [2.05, 4.69) is 19.7 Å². The Labute approximate surface area is 167 Å². The van der Waals surface area contributed by atoms with Crippen LogP contribution in [0, 0.1) is 0 Å². The first-order valence-electron chi connectivity index (χ1n) is 7.97. The van der Waals surface area contributed by atoms with Crippen molar-refractivity contribution < 1.29 is 9.53 Å². The lowest BCUT2D eigenvalue weighted by Gasteiger charge is -2.00. The van der Waals surface area contributed by atoms with Crippen LogP contribution in [-0.4, -0.2) is 33.1 Å². The average molecular weight is 415 g/mol. The Balaban J connectivity index is 1.35. The maximum atomic E-state index is 12.2. The summed E-state index contributed by atoms with van der Waals surface area (Å²) in [7, 11) is 1.63. The molecule has 0 aliphatic rings. The molecule has 0 fully saturated rings. The second-order valence-corrected chi connectivity index (χ2v) is 8.44. The first kappa shape index (κ1) is 17.9. The number of ether oxygens (including phenoxy) is 1. The van der Waals surface area contributed by atoms with Gasteiger partial charge >= 0.3 is 0 Å². The number of rotatable bonds is 6. The number of methoxy groups -OCH3 is 1. The largest absolute Gasteiger partial charge is 0.497 e. The number of anilines is 1. The summed E-state index contributed by atoms with van der Waals surface area (Å²) in [5, 5.41) is 3.45. The van der Waals surface area contributed by atoms with Gasteiger partial charge in [0.2, 0.25) is 5.91 Å². The summed E-state index contributed by atoms with van der Waals surface area (Å²) >= 11 is 4.11. The van der Waals surface area contributed by atoms with Crippen molar-refractivity contribution in [3.8, 4) is 17.1 Å². The van der Waals surface area contributed by atoms with E-state index in [0.29, 0.717) is 11.0 Å². The molecule has 136 valence electrons. The van der Waals surface area contributed by atoms with Gasteiger partial charge in [0, 0.05) is 5.56 Å². The SMILES string of the molecule is COc1ccc(-c2nsc(SCC(=O)Nc3nc4ccccc4s3)n2)cc1. The van der Waals surface area contributed by atoms with Gasteiger partial charge in [0.15, 0.2) is 15.3 Å². The molecular formula is C18H14N4O2S3. The molecule has 2 heterocycles. The van der Waals surface area contributed by atoms with E-state index in [1.807, 2.05) is 48.5 Å². The first-order valence-corrected chi connectivity index (χ1v) is 10.6. The molecule has 9 heteroatoms. The number of fused-ring (bicyclic) bond motifs is 1. The van der Waals surface area contributed by atoms with Crippen LogP contribution in [0.1, 0.15) is 0 Å². The van der Waals surface area contributed by atoms with Crippen LogP contribution in [0.4, 0.5) is 5.13 Å². The lowest BCUT2D eigenvalue weighted by atomic mass is 10.2. The minimum absolute atomic E-state index is 0.111. The van der Waals surface area contributed by atoms with E-state index in [1.165, 1.54) is 34.6 Å².